The normalized spacial score (nSPS) is 19.5. The molecule has 396 valence electrons. The number of imidazole rings is 2. The van der Waals surface area contributed by atoms with Gasteiger partial charge in [0, 0.05) is 32.7 Å². The first-order valence-electron chi connectivity index (χ1n) is 29.8. The van der Waals surface area contributed by atoms with Crippen LogP contribution in [0.15, 0.2) is 158 Å². The number of rotatable bonds is 6. The molecule has 0 atom stereocenters. The first-order chi connectivity index (χ1) is 37.6. The molecule has 2 fully saturated rings. The van der Waals surface area contributed by atoms with Crippen molar-refractivity contribution in [3.63, 3.8) is 0 Å². The largest absolute Gasteiger partial charge is 0.292 e. The molecule has 0 unspecified atom stereocenters. The molecule has 4 aliphatic rings. The first kappa shape index (κ1) is 50.7. The molecule has 2 saturated carbocycles. The maximum absolute atomic E-state index is 5.15. The number of para-hydroxylation sites is 2. The SMILES string of the molecule is CC1(C)CC=C(c2cccc(C3=CCC(C)(C)CC3)c2-c2cnc3c4ccccc4c4ccccc4n23)CC1.CC1(C)CCC(c2cccc(C3CCC(C)(C)CC3)c2-c2cnc3c4ccccc4c4ccccc4n23)CC1. The Kier molecular flexibility index (Phi) is 12.7. The van der Waals surface area contributed by atoms with Gasteiger partial charge >= 0.3 is 0 Å². The highest BCUT2D eigenvalue weighted by atomic mass is 15.0. The third-order valence-electron chi connectivity index (χ3n) is 19.6. The molecular weight excluding hydrogens is 945 g/mol. The molecule has 0 spiro atoms. The van der Waals surface area contributed by atoms with Crippen LogP contribution >= 0.6 is 0 Å². The van der Waals surface area contributed by atoms with Gasteiger partial charge in [-0.3, -0.25) is 8.80 Å². The molecule has 10 aromatic rings. The second kappa shape index (κ2) is 19.5. The van der Waals surface area contributed by atoms with Crippen LogP contribution in [0.25, 0.3) is 88.3 Å². The van der Waals surface area contributed by atoms with Crippen LogP contribution in [0, 0.1) is 21.7 Å². The van der Waals surface area contributed by atoms with Crippen LogP contribution in [0.1, 0.15) is 179 Å². The summed E-state index contributed by atoms with van der Waals surface area (Å²) in [6.45, 7) is 19.4. The van der Waals surface area contributed by atoms with E-state index in [0.717, 1.165) is 37.0 Å². The second-order valence-corrected chi connectivity index (χ2v) is 27.3. The fraction of sp³-hybridized carbons (Fsp3) is 0.378. The first-order valence-corrected chi connectivity index (χ1v) is 29.8. The van der Waals surface area contributed by atoms with Crippen molar-refractivity contribution in [2.24, 2.45) is 21.7 Å². The molecule has 0 radical (unpaired) electrons. The van der Waals surface area contributed by atoms with E-state index in [2.05, 4.69) is 222 Å². The molecule has 4 heteroatoms. The minimum absolute atomic E-state index is 0.372. The molecule has 0 amide bonds. The second-order valence-electron chi connectivity index (χ2n) is 27.3. The summed E-state index contributed by atoms with van der Waals surface area (Å²) in [5, 5.41) is 7.57. The standard InChI is InChI=1S/C37H42N2.C37H38N2/c2*1-36(2)20-16-25(17-21-36)27-13-9-14-28(26-18-22-37(3,4)23-19-26)34(27)33-24-38-35-31-12-6-5-10-29(31)30-11-7-8-15-32(30)39(33)35/h5-15,24-26H,16-23H2,1-4H3;5-16,18,24H,17,19-23H2,1-4H3. The van der Waals surface area contributed by atoms with Crippen LogP contribution in [0.2, 0.25) is 0 Å². The van der Waals surface area contributed by atoms with Gasteiger partial charge in [-0.25, -0.2) is 9.97 Å². The maximum atomic E-state index is 5.15. The Morgan fingerprint density at radius 3 is 1.15 bits per heavy atom. The molecule has 78 heavy (non-hydrogen) atoms. The zero-order valence-electron chi connectivity index (χ0n) is 47.9. The molecule has 14 rings (SSSR count). The van der Waals surface area contributed by atoms with Crippen molar-refractivity contribution in [2.45, 2.75) is 157 Å². The summed E-state index contributed by atoms with van der Waals surface area (Å²) < 4.78 is 4.92. The van der Waals surface area contributed by atoms with Gasteiger partial charge in [0.15, 0.2) is 0 Å². The molecule has 4 heterocycles. The average molecular weight is 1030 g/mol. The van der Waals surface area contributed by atoms with Crippen LogP contribution in [0.5, 0.6) is 0 Å². The van der Waals surface area contributed by atoms with Crippen LogP contribution in [0.4, 0.5) is 0 Å². The lowest BCUT2D eigenvalue weighted by Gasteiger charge is -2.37. The minimum atomic E-state index is 0.372. The van der Waals surface area contributed by atoms with E-state index in [1.54, 1.807) is 11.1 Å². The average Bonchev–Trinajstić information content (AvgIpc) is 4.12. The Labute approximate surface area is 463 Å². The number of aromatic nitrogens is 4. The van der Waals surface area contributed by atoms with E-state index in [4.69, 9.17) is 9.97 Å². The van der Waals surface area contributed by atoms with Crippen molar-refractivity contribution in [3.8, 4) is 22.5 Å². The number of hydrogen-bond acceptors (Lipinski definition) is 2. The van der Waals surface area contributed by atoms with Gasteiger partial charge in [-0.1, -0.05) is 189 Å². The Hall–Kier alpha value is -6.78. The predicted molar refractivity (Wildman–Crippen MR) is 332 cm³/mol. The van der Waals surface area contributed by atoms with Gasteiger partial charge in [-0.05, 0) is 180 Å². The smallest absolute Gasteiger partial charge is 0.145 e. The van der Waals surface area contributed by atoms with Crippen molar-refractivity contribution < 1.29 is 0 Å². The predicted octanol–water partition coefficient (Wildman–Crippen LogP) is 21.2. The van der Waals surface area contributed by atoms with E-state index in [1.807, 2.05) is 0 Å². The summed E-state index contributed by atoms with van der Waals surface area (Å²) in [6.07, 6.45) is 26.6. The van der Waals surface area contributed by atoms with Crippen LogP contribution in [-0.2, 0) is 0 Å². The van der Waals surface area contributed by atoms with Gasteiger partial charge < -0.3 is 0 Å². The van der Waals surface area contributed by atoms with Crippen LogP contribution in [-0.4, -0.2) is 18.8 Å². The van der Waals surface area contributed by atoms with Gasteiger partial charge in [0.1, 0.15) is 11.3 Å². The Bertz CT molecular complexity index is 3890. The summed E-state index contributed by atoms with van der Waals surface area (Å²) in [5.41, 5.74) is 20.4. The highest BCUT2D eigenvalue weighted by Crippen LogP contribution is 2.51. The monoisotopic (exact) mass is 1020 g/mol. The van der Waals surface area contributed by atoms with E-state index in [0.29, 0.717) is 33.5 Å². The number of fused-ring (bicyclic) bond motifs is 12. The summed E-state index contributed by atoms with van der Waals surface area (Å²) in [4.78, 5) is 10.3. The molecular formula is C74H80N4. The van der Waals surface area contributed by atoms with Gasteiger partial charge in [-0.2, -0.15) is 0 Å². The third-order valence-corrected chi connectivity index (χ3v) is 19.6. The van der Waals surface area contributed by atoms with E-state index < -0.39 is 0 Å². The number of allylic oxidation sites excluding steroid dienone is 4. The van der Waals surface area contributed by atoms with Crippen LogP contribution in [0.3, 0.4) is 0 Å². The van der Waals surface area contributed by atoms with E-state index in [1.165, 1.54) is 152 Å². The Balaban J connectivity index is 0.000000148. The highest BCUT2D eigenvalue weighted by molar-refractivity contribution is 6.13. The van der Waals surface area contributed by atoms with Crippen molar-refractivity contribution in [2.75, 3.05) is 0 Å². The van der Waals surface area contributed by atoms with Gasteiger partial charge in [0.05, 0.1) is 34.8 Å². The molecule has 0 N–H and O–H groups in total. The third kappa shape index (κ3) is 9.19. The van der Waals surface area contributed by atoms with Crippen molar-refractivity contribution >= 4 is 65.8 Å². The molecule has 0 bridgehead atoms. The number of benzene rings is 6. The molecule has 0 saturated heterocycles. The van der Waals surface area contributed by atoms with E-state index in [-0.39, 0.29) is 0 Å². The fourth-order valence-corrected chi connectivity index (χ4v) is 14.5. The zero-order chi connectivity index (χ0) is 53.6. The number of nitrogens with zero attached hydrogens (tertiary/aromatic N) is 4. The molecule has 0 aliphatic heterocycles. The van der Waals surface area contributed by atoms with Crippen LogP contribution < -0.4 is 0 Å². The lowest BCUT2D eigenvalue weighted by atomic mass is 9.68. The molecule has 4 aromatic heterocycles. The summed E-state index contributed by atoms with van der Waals surface area (Å²) in [7, 11) is 0. The van der Waals surface area contributed by atoms with Crippen molar-refractivity contribution in [3.05, 3.63) is 180 Å². The van der Waals surface area contributed by atoms with Gasteiger partial charge in [-0.15, -0.1) is 0 Å². The number of hydrogen-bond donors (Lipinski definition) is 0. The molecule has 4 nitrogen and oxygen atoms in total. The van der Waals surface area contributed by atoms with E-state index >= 15 is 0 Å². The summed E-state index contributed by atoms with van der Waals surface area (Å²) in [6, 6.07) is 49.5. The maximum Gasteiger partial charge on any atom is 0.145 e. The van der Waals surface area contributed by atoms with Gasteiger partial charge in [0.25, 0.3) is 0 Å². The summed E-state index contributed by atoms with van der Waals surface area (Å²) in [5.74, 6) is 1.23. The Morgan fingerprint density at radius 2 is 0.744 bits per heavy atom. The van der Waals surface area contributed by atoms with Gasteiger partial charge in [0.2, 0.25) is 0 Å². The topological polar surface area (TPSA) is 34.6 Å². The zero-order valence-corrected chi connectivity index (χ0v) is 47.9. The molecule has 6 aromatic carbocycles. The Morgan fingerprint density at radius 1 is 0.372 bits per heavy atom. The fourth-order valence-electron chi connectivity index (χ4n) is 14.5. The van der Waals surface area contributed by atoms with Crippen molar-refractivity contribution in [1.29, 1.82) is 0 Å². The summed E-state index contributed by atoms with van der Waals surface area (Å²) >= 11 is 0. The van der Waals surface area contributed by atoms with Crippen molar-refractivity contribution in [1.82, 2.24) is 18.8 Å². The minimum Gasteiger partial charge on any atom is -0.292 e. The lowest BCUT2D eigenvalue weighted by Crippen LogP contribution is -2.22. The van der Waals surface area contributed by atoms with E-state index in [9.17, 15) is 0 Å². The quantitative estimate of drug-likeness (QED) is 0.156. The molecule has 4 aliphatic carbocycles. The lowest BCUT2D eigenvalue weighted by molar-refractivity contribution is 0.222. The highest BCUT2D eigenvalue weighted by Gasteiger charge is 2.35. The number of pyridine rings is 2.